The number of benzene rings is 16. The van der Waals surface area contributed by atoms with Crippen LogP contribution in [0.1, 0.15) is 77.6 Å². The summed E-state index contributed by atoms with van der Waals surface area (Å²) in [4.78, 5) is 29.5. The molecule has 1 fully saturated rings. The maximum absolute atomic E-state index is 7.06. The highest BCUT2D eigenvalue weighted by molar-refractivity contribution is 6.65. The van der Waals surface area contributed by atoms with E-state index in [1.807, 2.05) is 158 Å². The molecule has 3 aliphatic rings. The zero-order chi connectivity index (χ0) is 85.6. The van der Waals surface area contributed by atoms with Gasteiger partial charge in [-0.25, -0.2) is 29.9 Å². The molecule has 0 atom stereocenters. The van der Waals surface area contributed by atoms with Gasteiger partial charge in [0.15, 0.2) is 34.9 Å². The van der Waals surface area contributed by atoms with Crippen LogP contribution in [0.15, 0.2) is 385 Å². The van der Waals surface area contributed by atoms with Crippen molar-refractivity contribution in [1.29, 1.82) is 0 Å². The summed E-state index contributed by atoms with van der Waals surface area (Å²) in [5, 5.41) is 4.99. The van der Waals surface area contributed by atoms with Crippen LogP contribution in [0.4, 0.5) is 0 Å². The highest BCUT2D eigenvalue weighted by Gasteiger charge is 2.53. The second-order valence-electron chi connectivity index (χ2n) is 34.8. The predicted octanol–water partition coefficient (Wildman–Crippen LogP) is 29.1. The summed E-state index contributed by atoms with van der Waals surface area (Å²) >= 11 is 6.49. The fourth-order valence-electron chi connectivity index (χ4n) is 18.3. The summed E-state index contributed by atoms with van der Waals surface area (Å²) in [6.07, 6.45) is 0. The van der Waals surface area contributed by atoms with E-state index in [-0.39, 0.29) is 10.8 Å². The summed E-state index contributed by atoms with van der Waals surface area (Å²) in [6, 6.07) is 130. The molecule has 20 aromatic rings. The third-order valence-electron chi connectivity index (χ3n) is 25.6. The van der Waals surface area contributed by atoms with Gasteiger partial charge < -0.3 is 18.1 Å². The van der Waals surface area contributed by atoms with Crippen LogP contribution in [-0.4, -0.2) is 48.2 Å². The average molecular weight is 1650 g/mol. The largest absolute Gasteiger partial charge is 0.498 e. The summed E-state index contributed by atoms with van der Waals surface area (Å²) in [5.41, 5.74) is 30.5. The first-order valence-corrected chi connectivity index (χ1v) is 43.3. The minimum Gasteiger partial charge on any atom is -0.456 e. The first kappa shape index (κ1) is 78.7. The Kier molecular flexibility index (Phi) is 19.7. The van der Waals surface area contributed by atoms with E-state index >= 15 is 0 Å². The summed E-state index contributed by atoms with van der Waals surface area (Å²) in [6.45, 7) is 17.6. The van der Waals surface area contributed by atoms with E-state index in [2.05, 4.69) is 274 Å². The lowest BCUT2D eigenvalue weighted by molar-refractivity contribution is 0.00578. The van der Waals surface area contributed by atoms with E-state index in [0.717, 1.165) is 133 Å². The van der Waals surface area contributed by atoms with Crippen molar-refractivity contribution in [2.75, 3.05) is 0 Å². The maximum atomic E-state index is 7.06. The minimum absolute atomic E-state index is 0.0480. The van der Waals surface area contributed by atoms with Crippen LogP contribution >= 0.6 is 11.6 Å². The van der Waals surface area contributed by atoms with Crippen LogP contribution in [0.5, 0.6) is 0 Å². The van der Waals surface area contributed by atoms with Gasteiger partial charge in [0.2, 0.25) is 0 Å². The van der Waals surface area contributed by atoms with Gasteiger partial charge in [-0.15, -0.1) is 0 Å². The average Bonchev–Trinajstić information content (AvgIpc) is 1.27. The summed E-state index contributed by atoms with van der Waals surface area (Å²) < 4.78 is 26.5. The highest BCUT2D eigenvalue weighted by Crippen LogP contribution is 2.53. The molecule has 0 amide bonds. The normalized spacial score (nSPS) is 14.1. The second kappa shape index (κ2) is 31.6. The van der Waals surface area contributed by atoms with Crippen LogP contribution in [-0.2, 0) is 20.1 Å². The van der Waals surface area contributed by atoms with Gasteiger partial charge in [0.05, 0.1) is 11.2 Å². The number of nitrogens with zero attached hydrogens (tertiary/aromatic N) is 6. The molecular weight excluding hydrogens is 1560 g/mol. The van der Waals surface area contributed by atoms with Crippen molar-refractivity contribution < 1.29 is 18.1 Å². The van der Waals surface area contributed by atoms with Gasteiger partial charge in [-0.2, -0.15) is 0 Å². The topological polar surface area (TPSA) is 122 Å². The van der Waals surface area contributed by atoms with Crippen LogP contribution < -0.4 is 5.46 Å². The van der Waals surface area contributed by atoms with E-state index in [1.165, 1.54) is 50.1 Å². The number of rotatable bonds is 12. The van der Waals surface area contributed by atoms with E-state index in [1.54, 1.807) is 0 Å². The Morgan fingerprint density at radius 2 is 0.492 bits per heavy atom. The van der Waals surface area contributed by atoms with Gasteiger partial charge in [0.1, 0.15) is 22.3 Å². The van der Waals surface area contributed by atoms with Crippen molar-refractivity contribution >= 4 is 68.1 Å². The molecule has 0 radical (unpaired) electrons. The second-order valence-corrected chi connectivity index (χ2v) is 35.2. The number of hydrogen-bond acceptors (Lipinski definition) is 10. The number of fused-ring (bicyclic) bond motifs is 12. The molecule has 2 aliphatic carbocycles. The van der Waals surface area contributed by atoms with Crippen molar-refractivity contribution in [3.05, 3.63) is 403 Å². The van der Waals surface area contributed by atoms with Gasteiger partial charge >= 0.3 is 7.12 Å². The molecule has 0 bridgehead atoms. The van der Waals surface area contributed by atoms with E-state index in [9.17, 15) is 0 Å². The molecular formula is C114H86BClN6O4. The predicted molar refractivity (Wildman–Crippen MR) is 516 cm³/mol. The smallest absolute Gasteiger partial charge is 0.456 e. The minimum atomic E-state index is -0.475. The molecule has 0 saturated carbocycles. The SMILES string of the molecule is CC1(C)c2ccccc2-c2ccc(-c3cccc4c3oc3c(-c5cc(-c6ccccc6)cc(-c6nc(-c7ccccc7)nc(-c7ccccc7)n6)c5)cccc34)cc21.CC1(C)c2ccccc2-c2ccc(-c3cccc4c3oc3c(B5OC(C)(C)C(C)(C)O5)cccc34)cc21.Clc1cc(-c2ccccc2)cc(-c2nc(-c3ccccc3)nc(-c3ccccc3)n2)c1. The lowest BCUT2D eigenvalue weighted by Gasteiger charge is -2.32. The fourth-order valence-corrected chi connectivity index (χ4v) is 18.6. The lowest BCUT2D eigenvalue weighted by atomic mass is 9.78. The van der Waals surface area contributed by atoms with Gasteiger partial charge in [-0.05, 0) is 160 Å². The van der Waals surface area contributed by atoms with E-state index < -0.39 is 18.3 Å². The van der Waals surface area contributed by atoms with Gasteiger partial charge in [-0.1, -0.05) is 367 Å². The van der Waals surface area contributed by atoms with Crippen molar-refractivity contribution in [1.82, 2.24) is 29.9 Å². The summed E-state index contributed by atoms with van der Waals surface area (Å²) in [7, 11) is -0.475. The van der Waals surface area contributed by atoms with Crippen molar-refractivity contribution in [2.24, 2.45) is 0 Å². The van der Waals surface area contributed by atoms with Crippen molar-refractivity contribution in [2.45, 2.75) is 77.4 Å². The Morgan fingerprint density at radius 1 is 0.214 bits per heavy atom. The van der Waals surface area contributed by atoms with Gasteiger partial charge in [0, 0.05) is 92.9 Å². The Hall–Kier alpha value is -14.6. The van der Waals surface area contributed by atoms with Crippen LogP contribution in [0.2, 0.25) is 5.02 Å². The molecule has 12 heteroatoms. The Balaban J connectivity index is 0.000000123. The number of hydrogen-bond donors (Lipinski definition) is 0. The van der Waals surface area contributed by atoms with Gasteiger partial charge in [-0.3, -0.25) is 0 Å². The fraction of sp³-hybridized carbons (Fsp3) is 0.105. The van der Waals surface area contributed by atoms with Crippen LogP contribution in [0, 0.1) is 0 Å². The molecule has 1 aliphatic heterocycles. The quantitative estimate of drug-likeness (QED) is 0.109. The number of furan rings is 2. The molecule has 10 nitrogen and oxygen atoms in total. The molecule has 0 N–H and O–H groups in total. The van der Waals surface area contributed by atoms with E-state index in [0.29, 0.717) is 40.0 Å². The van der Waals surface area contributed by atoms with E-state index in [4.69, 9.17) is 59.6 Å². The summed E-state index contributed by atoms with van der Waals surface area (Å²) in [5.74, 6) is 3.71. The monoisotopic (exact) mass is 1650 g/mol. The highest BCUT2D eigenvalue weighted by atomic mass is 35.5. The molecule has 1 saturated heterocycles. The number of aromatic nitrogens is 6. The van der Waals surface area contributed by atoms with Crippen LogP contribution in [0.3, 0.4) is 0 Å². The lowest BCUT2D eigenvalue weighted by Crippen LogP contribution is -2.41. The Bertz CT molecular complexity index is 7470. The number of halogens is 1. The first-order valence-electron chi connectivity index (χ1n) is 42.9. The zero-order valence-electron chi connectivity index (χ0n) is 71.1. The number of para-hydroxylation sites is 4. The zero-order valence-corrected chi connectivity index (χ0v) is 71.8. The molecule has 0 spiro atoms. The van der Waals surface area contributed by atoms with Crippen molar-refractivity contribution in [3.63, 3.8) is 0 Å². The van der Waals surface area contributed by atoms with Gasteiger partial charge in [0.25, 0.3) is 0 Å². The Morgan fingerprint density at radius 3 is 0.889 bits per heavy atom. The standard InChI is InChI=1S/C54H37N3O.C33H31BO3.C27H18ClN3/c1-54(2)47-27-13-12-22-43(47)44-29-28-37(33-48(44)54)41-23-14-25-45-46-26-15-24-42(50(46)58-49(41)45)39-30-38(34-16-6-3-7-17-34)31-40(32-39)53-56-51(35-18-8-4-9-19-35)55-52(57-53)36-20-10-5-11-21-36;1-31(2)26-15-8-7-11-22(26)23-18-17-20(19-27(23)31)21-12-9-13-24-25-14-10-16-28(30(25)35-29(21)24)34-36-32(3,4)33(5,6)37-34;28-24-17-22(19-10-4-1-5-11-19)16-23(18-24)27-30-25(20-12-6-2-7-13-20)29-26(31-27)21-14-8-3-9-15-21/h3-33H,1-2H3;7-19H,1-6H3;1-18H. The van der Waals surface area contributed by atoms with Crippen molar-refractivity contribution in [3.8, 4) is 146 Å². The third-order valence-corrected chi connectivity index (χ3v) is 25.9. The molecule has 0 unspecified atom stereocenters. The molecule has 606 valence electrons. The first-order chi connectivity index (χ1) is 61.3. The van der Waals surface area contributed by atoms with Crippen LogP contribution in [0.25, 0.3) is 190 Å². The molecule has 126 heavy (non-hydrogen) atoms. The molecule has 4 aromatic heterocycles. The Labute approximate surface area is 738 Å². The molecule has 23 rings (SSSR count). The maximum Gasteiger partial charge on any atom is 0.498 e. The molecule has 5 heterocycles. The molecule has 16 aromatic carbocycles. The third kappa shape index (κ3) is 14.2.